The lowest BCUT2D eigenvalue weighted by Gasteiger charge is -2.22. The van der Waals surface area contributed by atoms with Gasteiger partial charge in [-0.05, 0) is 31.2 Å². The molecular weight excluding hydrogens is 357 g/mol. The summed E-state index contributed by atoms with van der Waals surface area (Å²) in [5.74, 6) is -1.47. The molecule has 128 valence electrons. The van der Waals surface area contributed by atoms with E-state index in [1.54, 1.807) is 32.2 Å². The largest absolute Gasteiger partial charge is 0.489 e. The molecule has 1 aromatic heterocycles. The maximum atomic E-state index is 12.2. The fourth-order valence-electron chi connectivity index (χ4n) is 2.04. The molecular formula is C16H15Cl2NO5. The average Bonchev–Trinajstić information content (AvgIpc) is 3.00. The summed E-state index contributed by atoms with van der Waals surface area (Å²) < 4.78 is 10.7. The van der Waals surface area contributed by atoms with Crippen molar-refractivity contribution in [2.45, 2.75) is 13.0 Å². The molecule has 1 atom stereocenters. The van der Waals surface area contributed by atoms with Crippen LogP contribution in [0.25, 0.3) is 0 Å². The van der Waals surface area contributed by atoms with Gasteiger partial charge in [0.15, 0.2) is 5.76 Å². The van der Waals surface area contributed by atoms with Crippen molar-refractivity contribution in [3.63, 3.8) is 0 Å². The maximum absolute atomic E-state index is 12.2. The van der Waals surface area contributed by atoms with Crippen molar-refractivity contribution in [2.75, 3.05) is 13.6 Å². The highest BCUT2D eigenvalue weighted by Gasteiger charge is 2.20. The second kappa shape index (κ2) is 7.59. The van der Waals surface area contributed by atoms with Crippen LogP contribution in [-0.4, -0.2) is 41.6 Å². The number of amides is 1. The fraction of sp³-hybridized carbons (Fsp3) is 0.250. The van der Waals surface area contributed by atoms with Crippen molar-refractivity contribution in [1.82, 2.24) is 4.90 Å². The number of carbonyl (C=O) groups is 2. The zero-order valence-corrected chi connectivity index (χ0v) is 14.5. The van der Waals surface area contributed by atoms with Gasteiger partial charge in [-0.15, -0.1) is 0 Å². The number of carboxylic acid groups (broad SMARTS) is 1. The van der Waals surface area contributed by atoms with Crippen LogP contribution in [0, 0.1) is 0 Å². The zero-order chi connectivity index (χ0) is 17.9. The molecule has 0 fully saturated rings. The van der Waals surface area contributed by atoms with Gasteiger partial charge in [0.05, 0.1) is 16.6 Å². The van der Waals surface area contributed by atoms with Crippen LogP contribution in [0.2, 0.25) is 10.0 Å². The summed E-state index contributed by atoms with van der Waals surface area (Å²) in [6, 6.07) is 7.45. The lowest BCUT2D eigenvalue weighted by atomic mass is 10.3. The van der Waals surface area contributed by atoms with E-state index < -0.39 is 11.9 Å². The highest BCUT2D eigenvalue weighted by Crippen LogP contribution is 2.26. The average molecular weight is 372 g/mol. The first-order chi connectivity index (χ1) is 11.3. The SMILES string of the molecule is CC(CN(C)C(=O)c1ccc(C(=O)O)o1)Oc1ccc(Cl)c(Cl)c1. The molecule has 24 heavy (non-hydrogen) atoms. The lowest BCUT2D eigenvalue weighted by Crippen LogP contribution is -2.35. The molecule has 0 aliphatic carbocycles. The molecule has 1 unspecified atom stereocenters. The molecule has 0 saturated heterocycles. The minimum Gasteiger partial charge on any atom is -0.489 e. The highest BCUT2D eigenvalue weighted by atomic mass is 35.5. The van der Waals surface area contributed by atoms with Gasteiger partial charge in [-0.1, -0.05) is 23.2 Å². The molecule has 8 heteroatoms. The van der Waals surface area contributed by atoms with E-state index in [-0.39, 0.29) is 24.2 Å². The number of aromatic carboxylic acids is 1. The summed E-state index contributed by atoms with van der Waals surface area (Å²) >= 11 is 11.8. The van der Waals surface area contributed by atoms with E-state index in [1.165, 1.54) is 17.0 Å². The van der Waals surface area contributed by atoms with Crippen molar-refractivity contribution in [2.24, 2.45) is 0 Å². The number of benzene rings is 1. The molecule has 1 N–H and O–H groups in total. The molecule has 1 aromatic carbocycles. The number of carbonyl (C=O) groups excluding carboxylic acids is 1. The van der Waals surface area contributed by atoms with Crippen molar-refractivity contribution < 1.29 is 23.8 Å². The summed E-state index contributed by atoms with van der Waals surface area (Å²) in [4.78, 5) is 24.4. The minimum atomic E-state index is -1.23. The van der Waals surface area contributed by atoms with E-state index in [1.807, 2.05) is 0 Å². The van der Waals surface area contributed by atoms with Crippen LogP contribution in [0.4, 0.5) is 0 Å². The van der Waals surface area contributed by atoms with Crippen LogP contribution in [0.15, 0.2) is 34.7 Å². The van der Waals surface area contributed by atoms with Gasteiger partial charge < -0.3 is 19.2 Å². The lowest BCUT2D eigenvalue weighted by molar-refractivity contribution is 0.0643. The number of rotatable bonds is 6. The zero-order valence-electron chi connectivity index (χ0n) is 13.0. The first kappa shape index (κ1) is 18.2. The van der Waals surface area contributed by atoms with Crippen molar-refractivity contribution in [3.8, 4) is 5.75 Å². The number of carboxylic acids is 1. The minimum absolute atomic E-state index is 0.0448. The molecule has 0 aliphatic rings. The Labute approximate surface area is 148 Å². The van der Waals surface area contributed by atoms with Crippen molar-refractivity contribution in [3.05, 3.63) is 51.9 Å². The Morgan fingerprint density at radius 3 is 2.46 bits per heavy atom. The molecule has 0 radical (unpaired) electrons. The summed E-state index contributed by atoms with van der Waals surface area (Å²) in [5, 5.41) is 9.62. The second-order valence-corrected chi connectivity index (χ2v) is 5.97. The second-order valence-electron chi connectivity index (χ2n) is 5.16. The number of nitrogens with zero attached hydrogens (tertiary/aromatic N) is 1. The number of halogens is 2. The highest BCUT2D eigenvalue weighted by molar-refractivity contribution is 6.42. The molecule has 2 rings (SSSR count). The van der Waals surface area contributed by atoms with E-state index in [4.69, 9.17) is 37.5 Å². The Balaban J connectivity index is 1.96. The number of furan rings is 1. The normalized spacial score (nSPS) is 11.8. The van der Waals surface area contributed by atoms with Crippen LogP contribution in [0.5, 0.6) is 5.75 Å². The third-order valence-electron chi connectivity index (χ3n) is 3.13. The van der Waals surface area contributed by atoms with E-state index in [9.17, 15) is 9.59 Å². The number of ether oxygens (including phenoxy) is 1. The Bertz CT molecular complexity index is 759. The molecule has 6 nitrogen and oxygen atoms in total. The molecule has 0 saturated carbocycles. The summed E-state index contributed by atoms with van der Waals surface area (Å²) in [5.41, 5.74) is 0. The standard InChI is InChI=1S/C16H15Cl2NO5/c1-9(23-10-3-4-11(17)12(18)7-10)8-19(2)15(20)13-5-6-14(24-13)16(21)22/h3-7,9H,8H2,1-2H3,(H,21,22). The molecule has 0 aliphatic heterocycles. The molecule has 1 heterocycles. The molecule has 1 amide bonds. The van der Waals surface area contributed by atoms with Gasteiger partial charge in [-0.25, -0.2) is 4.79 Å². The quantitative estimate of drug-likeness (QED) is 0.834. The molecule has 0 bridgehead atoms. The fourth-order valence-corrected chi connectivity index (χ4v) is 2.33. The molecule has 2 aromatic rings. The third kappa shape index (κ3) is 4.43. The van der Waals surface area contributed by atoms with Crippen LogP contribution in [0.1, 0.15) is 28.0 Å². The summed E-state index contributed by atoms with van der Waals surface area (Å²) in [6.07, 6.45) is -0.329. The van der Waals surface area contributed by atoms with E-state index in [0.717, 1.165) is 0 Å². The number of likely N-dealkylation sites (N-methyl/N-ethyl adjacent to an activating group) is 1. The van der Waals surface area contributed by atoms with Gasteiger partial charge in [-0.3, -0.25) is 4.79 Å². The van der Waals surface area contributed by atoms with Crippen LogP contribution in [-0.2, 0) is 0 Å². The van der Waals surface area contributed by atoms with Crippen LogP contribution in [0.3, 0.4) is 0 Å². The van der Waals surface area contributed by atoms with E-state index >= 15 is 0 Å². The van der Waals surface area contributed by atoms with Gasteiger partial charge in [0.2, 0.25) is 5.76 Å². The third-order valence-corrected chi connectivity index (χ3v) is 3.87. The predicted octanol–water partition coefficient (Wildman–Crippen LogP) is 3.82. The van der Waals surface area contributed by atoms with Gasteiger partial charge in [0.1, 0.15) is 11.9 Å². The van der Waals surface area contributed by atoms with Crippen molar-refractivity contribution >= 4 is 35.1 Å². The van der Waals surface area contributed by atoms with Gasteiger partial charge in [-0.2, -0.15) is 0 Å². The predicted molar refractivity (Wildman–Crippen MR) is 89.2 cm³/mol. The topological polar surface area (TPSA) is 80.0 Å². The Morgan fingerprint density at radius 2 is 1.88 bits per heavy atom. The number of hydrogen-bond acceptors (Lipinski definition) is 4. The van der Waals surface area contributed by atoms with E-state index in [0.29, 0.717) is 15.8 Å². The van der Waals surface area contributed by atoms with Crippen molar-refractivity contribution in [1.29, 1.82) is 0 Å². The van der Waals surface area contributed by atoms with Crippen LogP contribution < -0.4 is 4.74 Å². The van der Waals surface area contributed by atoms with E-state index in [2.05, 4.69) is 0 Å². The Kier molecular flexibility index (Phi) is 5.75. The first-order valence-electron chi connectivity index (χ1n) is 6.98. The maximum Gasteiger partial charge on any atom is 0.371 e. The van der Waals surface area contributed by atoms with Gasteiger partial charge >= 0.3 is 5.97 Å². The smallest absolute Gasteiger partial charge is 0.371 e. The van der Waals surface area contributed by atoms with Crippen LogP contribution >= 0.6 is 23.2 Å². The molecule has 0 spiro atoms. The Morgan fingerprint density at radius 1 is 1.21 bits per heavy atom. The Hall–Kier alpha value is -2.18. The van der Waals surface area contributed by atoms with Gasteiger partial charge in [0.25, 0.3) is 5.91 Å². The van der Waals surface area contributed by atoms with Gasteiger partial charge in [0, 0.05) is 13.1 Å². The number of hydrogen-bond donors (Lipinski definition) is 1. The monoisotopic (exact) mass is 371 g/mol. The first-order valence-corrected chi connectivity index (χ1v) is 7.74. The summed E-state index contributed by atoms with van der Waals surface area (Å²) in [6.45, 7) is 2.05. The summed E-state index contributed by atoms with van der Waals surface area (Å²) in [7, 11) is 1.57.